The maximum absolute atomic E-state index is 12.2. The molecule has 0 saturated carbocycles. The number of nitrogens with one attached hydrogen (secondary N) is 2. The van der Waals surface area contributed by atoms with Gasteiger partial charge in [-0.2, -0.15) is 5.10 Å². The molecule has 3 aromatic rings. The first-order chi connectivity index (χ1) is 11.0. The molecule has 118 valence electrons. The molecule has 2 N–H and O–H groups in total. The molecule has 0 spiro atoms. The zero-order valence-electron chi connectivity index (χ0n) is 12.4. The van der Waals surface area contributed by atoms with Gasteiger partial charge in [-0.1, -0.05) is 17.7 Å². The van der Waals surface area contributed by atoms with Crippen LogP contribution in [0.5, 0.6) is 0 Å². The molecule has 0 aliphatic rings. The van der Waals surface area contributed by atoms with Crippen LogP contribution in [0.4, 0.5) is 0 Å². The van der Waals surface area contributed by atoms with E-state index in [2.05, 4.69) is 24.9 Å². The molecule has 0 bridgehead atoms. The zero-order valence-corrected chi connectivity index (χ0v) is 13.2. The summed E-state index contributed by atoms with van der Waals surface area (Å²) >= 11 is 0. The fourth-order valence-corrected chi connectivity index (χ4v) is 2.96. The number of H-pyrrole nitrogens is 1. The highest BCUT2D eigenvalue weighted by atomic mass is 32.2. The van der Waals surface area contributed by atoms with Gasteiger partial charge in [0, 0.05) is 18.0 Å². The molecule has 2 aromatic heterocycles. The topological polar surface area (TPSA) is 101 Å². The maximum atomic E-state index is 12.2. The predicted octanol–water partition coefficient (Wildman–Crippen LogP) is 1.65. The van der Waals surface area contributed by atoms with Crippen LogP contribution in [0.25, 0.3) is 11.4 Å². The van der Waals surface area contributed by atoms with Crippen molar-refractivity contribution < 1.29 is 8.42 Å². The number of aromatic amines is 1. The van der Waals surface area contributed by atoms with Gasteiger partial charge in [-0.05, 0) is 31.2 Å². The maximum Gasteiger partial charge on any atom is 0.240 e. The summed E-state index contributed by atoms with van der Waals surface area (Å²) in [6.07, 6.45) is 3.29. The van der Waals surface area contributed by atoms with E-state index in [1.165, 1.54) is 0 Å². The molecule has 0 aliphatic carbocycles. The van der Waals surface area contributed by atoms with Crippen LogP contribution in [0.1, 0.15) is 11.4 Å². The average Bonchev–Trinajstić information content (AvgIpc) is 3.03. The van der Waals surface area contributed by atoms with E-state index in [-0.39, 0.29) is 11.4 Å². The second-order valence-corrected chi connectivity index (χ2v) is 6.75. The molecule has 0 saturated heterocycles. The van der Waals surface area contributed by atoms with Crippen molar-refractivity contribution in [2.75, 3.05) is 0 Å². The van der Waals surface area contributed by atoms with Gasteiger partial charge in [0.25, 0.3) is 0 Å². The molecular weight excluding hydrogens is 314 g/mol. The molecule has 23 heavy (non-hydrogen) atoms. The van der Waals surface area contributed by atoms with E-state index < -0.39 is 10.0 Å². The van der Waals surface area contributed by atoms with Crippen LogP contribution in [0.15, 0.2) is 53.7 Å². The van der Waals surface area contributed by atoms with Gasteiger partial charge in [-0.15, -0.1) is 0 Å². The number of hydrogen-bond acceptors (Lipinski definition) is 5. The molecule has 1 aromatic carbocycles. The number of aryl methyl sites for hydroxylation is 1. The molecular formula is C15H15N5O2S. The summed E-state index contributed by atoms with van der Waals surface area (Å²) in [6, 6.07) is 10.2. The highest BCUT2D eigenvalue weighted by Gasteiger charge is 2.14. The van der Waals surface area contributed by atoms with Gasteiger partial charge < -0.3 is 0 Å². The first-order valence-corrected chi connectivity index (χ1v) is 8.41. The summed E-state index contributed by atoms with van der Waals surface area (Å²) < 4.78 is 26.9. The van der Waals surface area contributed by atoms with Crippen LogP contribution >= 0.6 is 0 Å². The van der Waals surface area contributed by atoms with E-state index in [0.29, 0.717) is 11.6 Å². The van der Waals surface area contributed by atoms with Crippen LogP contribution in [0.2, 0.25) is 0 Å². The number of sulfonamides is 1. The minimum absolute atomic E-state index is 0.0360. The third-order valence-corrected chi connectivity index (χ3v) is 4.65. The van der Waals surface area contributed by atoms with E-state index in [4.69, 9.17) is 0 Å². The molecule has 0 atom stereocenters. The Morgan fingerprint density at radius 2 is 1.78 bits per heavy atom. The standard InChI is InChI=1S/C15H15N5O2S/c1-11-2-4-13(5-3-11)23(21,22)17-10-14-18-15(20-19-14)12-6-8-16-9-7-12/h2-9,17H,10H2,1H3,(H,18,19,20). The smallest absolute Gasteiger partial charge is 0.240 e. The lowest BCUT2D eigenvalue weighted by Crippen LogP contribution is -2.23. The van der Waals surface area contributed by atoms with Crippen molar-refractivity contribution >= 4 is 10.0 Å². The second kappa shape index (κ2) is 6.27. The van der Waals surface area contributed by atoms with Gasteiger partial charge in [0.2, 0.25) is 10.0 Å². The number of hydrogen-bond donors (Lipinski definition) is 2. The van der Waals surface area contributed by atoms with Crippen LogP contribution in [0.3, 0.4) is 0 Å². The molecule has 3 rings (SSSR count). The lowest BCUT2D eigenvalue weighted by atomic mass is 10.2. The predicted molar refractivity (Wildman–Crippen MR) is 84.8 cm³/mol. The summed E-state index contributed by atoms with van der Waals surface area (Å²) in [5, 5.41) is 6.80. The quantitative estimate of drug-likeness (QED) is 0.741. The Morgan fingerprint density at radius 3 is 2.48 bits per heavy atom. The molecule has 0 fully saturated rings. The highest BCUT2D eigenvalue weighted by Crippen LogP contribution is 2.13. The van der Waals surface area contributed by atoms with Crippen LogP contribution in [-0.4, -0.2) is 28.6 Å². The normalized spacial score (nSPS) is 11.5. The minimum atomic E-state index is -3.58. The Bertz CT molecular complexity index is 889. The zero-order chi connectivity index (χ0) is 16.3. The number of rotatable bonds is 5. The molecule has 0 radical (unpaired) electrons. The van der Waals surface area contributed by atoms with Crippen molar-refractivity contribution in [1.29, 1.82) is 0 Å². The van der Waals surface area contributed by atoms with Crippen molar-refractivity contribution in [3.8, 4) is 11.4 Å². The van der Waals surface area contributed by atoms with Crippen molar-refractivity contribution in [1.82, 2.24) is 24.9 Å². The Balaban J connectivity index is 1.71. The molecule has 0 unspecified atom stereocenters. The fraction of sp³-hybridized carbons (Fsp3) is 0.133. The average molecular weight is 329 g/mol. The lowest BCUT2D eigenvalue weighted by molar-refractivity contribution is 0.579. The van der Waals surface area contributed by atoms with Crippen molar-refractivity contribution in [3.05, 3.63) is 60.2 Å². The Hall–Kier alpha value is -2.58. The largest absolute Gasteiger partial charge is 0.265 e. The third-order valence-electron chi connectivity index (χ3n) is 3.23. The van der Waals surface area contributed by atoms with Crippen molar-refractivity contribution in [2.24, 2.45) is 0 Å². The van der Waals surface area contributed by atoms with E-state index in [1.54, 1.807) is 48.8 Å². The van der Waals surface area contributed by atoms with E-state index in [1.807, 2.05) is 6.92 Å². The highest BCUT2D eigenvalue weighted by molar-refractivity contribution is 7.89. The van der Waals surface area contributed by atoms with Crippen LogP contribution in [0, 0.1) is 6.92 Å². The number of nitrogens with zero attached hydrogens (tertiary/aromatic N) is 3. The van der Waals surface area contributed by atoms with Gasteiger partial charge in [-0.25, -0.2) is 18.1 Å². The molecule has 8 heteroatoms. The monoisotopic (exact) mass is 329 g/mol. The van der Waals surface area contributed by atoms with Crippen LogP contribution < -0.4 is 4.72 Å². The van der Waals surface area contributed by atoms with Crippen molar-refractivity contribution in [2.45, 2.75) is 18.4 Å². The fourth-order valence-electron chi connectivity index (χ4n) is 1.97. The lowest BCUT2D eigenvalue weighted by Gasteiger charge is -2.05. The van der Waals surface area contributed by atoms with E-state index in [0.717, 1.165) is 11.1 Å². The first-order valence-electron chi connectivity index (χ1n) is 6.92. The Kier molecular flexibility index (Phi) is 4.18. The Labute approximate surface area is 133 Å². The first kappa shape index (κ1) is 15.3. The summed E-state index contributed by atoms with van der Waals surface area (Å²) in [5.74, 6) is 0.935. The van der Waals surface area contributed by atoms with Gasteiger partial charge in [0.15, 0.2) is 5.82 Å². The number of benzene rings is 1. The molecule has 7 nitrogen and oxygen atoms in total. The van der Waals surface area contributed by atoms with E-state index >= 15 is 0 Å². The summed E-state index contributed by atoms with van der Waals surface area (Å²) in [5.41, 5.74) is 1.81. The molecule has 0 aliphatic heterocycles. The number of aromatic nitrogens is 4. The molecule has 2 heterocycles. The summed E-state index contributed by atoms with van der Waals surface area (Å²) in [4.78, 5) is 8.42. The second-order valence-electron chi connectivity index (χ2n) is 4.98. The van der Waals surface area contributed by atoms with Gasteiger partial charge in [-0.3, -0.25) is 10.1 Å². The van der Waals surface area contributed by atoms with Crippen LogP contribution in [-0.2, 0) is 16.6 Å². The van der Waals surface area contributed by atoms with Gasteiger partial charge in [0.05, 0.1) is 11.4 Å². The summed E-state index contributed by atoms with van der Waals surface area (Å²) in [6.45, 7) is 1.94. The van der Waals surface area contributed by atoms with Gasteiger partial charge >= 0.3 is 0 Å². The minimum Gasteiger partial charge on any atom is -0.265 e. The summed E-state index contributed by atoms with van der Waals surface area (Å²) in [7, 11) is -3.58. The Morgan fingerprint density at radius 1 is 1.09 bits per heavy atom. The molecule has 0 amide bonds. The van der Waals surface area contributed by atoms with E-state index in [9.17, 15) is 8.42 Å². The number of pyridine rings is 1. The van der Waals surface area contributed by atoms with Crippen molar-refractivity contribution in [3.63, 3.8) is 0 Å². The third kappa shape index (κ3) is 3.61. The SMILES string of the molecule is Cc1ccc(S(=O)(=O)NCc2nc(-c3ccncc3)n[nH]2)cc1. The van der Waals surface area contributed by atoms with Gasteiger partial charge in [0.1, 0.15) is 5.82 Å².